The number of carbonyl (C=O) groups excluding carboxylic acids is 2. The molecule has 1 N–H and O–H groups in total. The van der Waals surface area contributed by atoms with Gasteiger partial charge in [0, 0.05) is 38.0 Å². The van der Waals surface area contributed by atoms with Crippen LogP contribution in [0.15, 0.2) is 24.3 Å². The van der Waals surface area contributed by atoms with Crippen LogP contribution in [-0.2, 0) is 16.1 Å². The average Bonchev–Trinajstić information content (AvgIpc) is 2.42. The summed E-state index contributed by atoms with van der Waals surface area (Å²) in [5.74, 6) is 0.321. The van der Waals surface area contributed by atoms with Gasteiger partial charge in [-0.25, -0.2) is 0 Å². The molecule has 116 valence electrons. The van der Waals surface area contributed by atoms with Crippen molar-refractivity contribution in [3.8, 4) is 0 Å². The molecule has 1 aromatic carbocycles. The number of rotatable bonds is 7. The van der Waals surface area contributed by atoms with Gasteiger partial charge in [0.25, 0.3) is 0 Å². The van der Waals surface area contributed by atoms with Gasteiger partial charge in [0.15, 0.2) is 0 Å². The van der Waals surface area contributed by atoms with E-state index in [4.69, 9.17) is 11.6 Å². The zero-order valence-electron chi connectivity index (χ0n) is 12.9. The maximum Gasteiger partial charge on any atom is 0.221 e. The van der Waals surface area contributed by atoms with Crippen molar-refractivity contribution in [1.29, 1.82) is 0 Å². The van der Waals surface area contributed by atoms with Gasteiger partial charge in [0.05, 0.1) is 0 Å². The smallest absolute Gasteiger partial charge is 0.221 e. The zero-order valence-corrected chi connectivity index (χ0v) is 13.6. The monoisotopic (exact) mass is 310 g/mol. The second kappa shape index (κ2) is 8.67. The SMILES string of the molecule is CC(=O)N(CCC(=O)NCC(C)C)Cc1ccccc1Cl. The van der Waals surface area contributed by atoms with E-state index >= 15 is 0 Å². The van der Waals surface area contributed by atoms with Gasteiger partial charge < -0.3 is 10.2 Å². The van der Waals surface area contributed by atoms with Gasteiger partial charge in [-0.3, -0.25) is 9.59 Å². The van der Waals surface area contributed by atoms with Gasteiger partial charge in [-0.15, -0.1) is 0 Å². The lowest BCUT2D eigenvalue weighted by molar-refractivity contribution is -0.130. The molecule has 0 aliphatic heterocycles. The molecule has 0 atom stereocenters. The molecule has 0 saturated heterocycles. The normalized spacial score (nSPS) is 10.5. The predicted molar refractivity (Wildman–Crippen MR) is 85.0 cm³/mol. The minimum atomic E-state index is -0.0634. The molecule has 0 radical (unpaired) electrons. The van der Waals surface area contributed by atoms with Crippen LogP contribution in [0.4, 0.5) is 0 Å². The molecule has 0 aliphatic rings. The summed E-state index contributed by atoms with van der Waals surface area (Å²) in [4.78, 5) is 25.0. The van der Waals surface area contributed by atoms with Crippen molar-refractivity contribution in [2.45, 2.75) is 33.7 Å². The van der Waals surface area contributed by atoms with E-state index in [1.807, 2.05) is 32.0 Å². The predicted octanol–water partition coefficient (Wildman–Crippen LogP) is 2.85. The van der Waals surface area contributed by atoms with Crippen molar-refractivity contribution < 1.29 is 9.59 Å². The molecule has 2 amide bonds. The maximum atomic E-state index is 11.7. The van der Waals surface area contributed by atoms with Crippen molar-refractivity contribution in [2.75, 3.05) is 13.1 Å². The molecular weight excluding hydrogens is 288 g/mol. The molecule has 1 aromatic rings. The summed E-state index contributed by atoms with van der Waals surface area (Å²) >= 11 is 6.10. The lowest BCUT2D eigenvalue weighted by atomic mass is 10.2. The molecule has 0 fully saturated rings. The minimum Gasteiger partial charge on any atom is -0.356 e. The number of benzene rings is 1. The summed E-state index contributed by atoms with van der Waals surface area (Å²) in [5.41, 5.74) is 0.886. The Bertz CT molecular complexity index is 489. The lowest BCUT2D eigenvalue weighted by Crippen LogP contribution is -2.34. The highest BCUT2D eigenvalue weighted by molar-refractivity contribution is 6.31. The van der Waals surface area contributed by atoms with Gasteiger partial charge >= 0.3 is 0 Å². The van der Waals surface area contributed by atoms with Crippen LogP contribution in [0, 0.1) is 5.92 Å². The lowest BCUT2D eigenvalue weighted by Gasteiger charge is -2.21. The molecule has 4 nitrogen and oxygen atoms in total. The Morgan fingerprint density at radius 2 is 1.95 bits per heavy atom. The Hall–Kier alpha value is -1.55. The first-order valence-corrected chi connectivity index (χ1v) is 7.53. The van der Waals surface area contributed by atoms with E-state index in [1.54, 1.807) is 11.0 Å². The Labute approximate surface area is 131 Å². The van der Waals surface area contributed by atoms with Crippen LogP contribution < -0.4 is 5.32 Å². The van der Waals surface area contributed by atoms with Crippen molar-refractivity contribution in [2.24, 2.45) is 5.92 Å². The quantitative estimate of drug-likeness (QED) is 0.842. The summed E-state index contributed by atoms with van der Waals surface area (Å²) in [7, 11) is 0. The first-order valence-electron chi connectivity index (χ1n) is 7.15. The number of nitrogens with one attached hydrogen (secondary N) is 1. The molecule has 21 heavy (non-hydrogen) atoms. The van der Waals surface area contributed by atoms with E-state index in [9.17, 15) is 9.59 Å². The molecule has 0 aliphatic carbocycles. The van der Waals surface area contributed by atoms with Gasteiger partial charge in [-0.1, -0.05) is 43.6 Å². The number of carbonyl (C=O) groups is 2. The Balaban J connectivity index is 2.53. The van der Waals surface area contributed by atoms with Crippen LogP contribution in [0.3, 0.4) is 0 Å². The van der Waals surface area contributed by atoms with E-state index < -0.39 is 0 Å². The van der Waals surface area contributed by atoms with Gasteiger partial charge in [-0.05, 0) is 17.5 Å². The van der Waals surface area contributed by atoms with Crippen LogP contribution in [0.2, 0.25) is 5.02 Å². The third-order valence-corrected chi connectivity index (χ3v) is 3.45. The third-order valence-electron chi connectivity index (χ3n) is 3.08. The number of nitrogens with zero attached hydrogens (tertiary/aromatic N) is 1. The summed E-state index contributed by atoms with van der Waals surface area (Å²) < 4.78 is 0. The van der Waals surface area contributed by atoms with E-state index in [0.29, 0.717) is 37.0 Å². The van der Waals surface area contributed by atoms with Gasteiger partial charge in [0.1, 0.15) is 0 Å². The van der Waals surface area contributed by atoms with Crippen LogP contribution >= 0.6 is 11.6 Å². The van der Waals surface area contributed by atoms with Gasteiger partial charge in [0.2, 0.25) is 11.8 Å². The topological polar surface area (TPSA) is 49.4 Å². The first-order chi connectivity index (χ1) is 9.90. The Kier molecular flexibility index (Phi) is 7.23. The van der Waals surface area contributed by atoms with Crippen molar-refractivity contribution >= 4 is 23.4 Å². The van der Waals surface area contributed by atoms with E-state index in [0.717, 1.165) is 5.56 Å². The Morgan fingerprint density at radius 3 is 2.52 bits per heavy atom. The number of hydrogen-bond acceptors (Lipinski definition) is 2. The van der Waals surface area contributed by atoms with E-state index in [-0.39, 0.29) is 11.8 Å². The highest BCUT2D eigenvalue weighted by Gasteiger charge is 2.13. The number of amides is 2. The molecule has 1 rings (SSSR count). The largest absolute Gasteiger partial charge is 0.356 e. The van der Waals surface area contributed by atoms with Crippen LogP contribution in [0.1, 0.15) is 32.8 Å². The van der Waals surface area contributed by atoms with Crippen molar-refractivity contribution in [3.63, 3.8) is 0 Å². The minimum absolute atomic E-state index is 0.0332. The molecule has 5 heteroatoms. The fourth-order valence-corrected chi connectivity index (χ4v) is 2.02. The maximum absolute atomic E-state index is 11.7. The van der Waals surface area contributed by atoms with Crippen LogP contribution in [0.5, 0.6) is 0 Å². The molecule has 0 unspecified atom stereocenters. The van der Waals surface area contributed by atoms with Crippen LogP contribution in [0.25, 0.3) is 0 Å². The van der Waals surface area contributed by atoms with Crippen molar-refractivity contribution in [1.82, 2.24) is 10.2 Å². The summed E-state index contributed by atoms with van der Waals surface area (Å²) in [6.07, 6.45) is 0.302. The summed E-state index contributed by atoms with van der Waals surface area (Å²) in [6, 6.07) is 7.42. The zero-order chi connectivity index (χ0) is 15.8. The standard InChI is InChI=1S/C16H23ClN2O2/c1-12(2)10-18-16(21)8-9-19(13(3)20)11-14-6-4-5-7-15(14)17/h4-7,12H,8-11H2,1-3H3,(H,18,21). The third kappa shape index (κ3) is 6.63. The molecule has 0 bridgehead atoms. The van der Waals surface area contributed by atoms with E-state index in [1.165, 1.54) is 6.92 Å². The molecule has 0 aromatic heterocycles. The molecule has 0 heterocycles. The molecule has 0 saturated carbocycles. The highest BCUT2D eigenvalue weighted by Crippen LogP contribution is 2.17. The molecular formula is C16H23ClN2O2. The second-order valence-corrected chi connectivity index (χ2v) is 5.89. The second-order valence-electron chi connectivity index (χ2n) is 5.48. The fraction of sp³-hybridized carbons (Fsp3) is 0.500. The highest BCUT2D eigenvalue weighted by atomic mass is 35.5. The number of hydrogen-bond donors (Lipinski definition) is 1. The fourth-order valence-electron chi connectivity index (χ4n) is 1.82. The number of halogens is 1. The van der Waals surface area contributed by atoms with Gasteiger partial charge in [-0.2, -0.15) is 0 Å². The first kappa shape index (κ1) is 17.5. The summed E-state index contributed by atoms with van der Waals surface area (Å²) in [6.45, 7) is 7.06. The van der Waals surface area contributed by atoms with Crippen LogP contribution in [-0.4, -0.2) is 29.8 Å². The summed E-state index contributed by atoms with van der Waals surface area (Å²) in [5, 5.41) is 3.48. The molecule has 0 spiro atoms. The van der Waals surface area contributed by atoms with E-state index in [2.05, 4.69) is 5.32 Å². The van der Waals surface area contributed by atoms with Crippen molar-refractivity contribution in [3.05, 3.63) is 34.9 Å². The Morgan fingerprint density at radius 1 is 1.29 bits per heavy atom. The average molecular weight is 311 g/mol.